The van der Waals surface area contributed by atoms with Crippen molar-refractivity contribution in [2.75, 3.05) is 13.1 Å². The van der Waals surface area contributed by atoms with Crippen molar-refractivity contribution in [1.82, 2.24) is 5.32 Å². The largest absolute Gasteiger partial charge is 0.316 e. The Hall–Kier alpha value is -1.09. The lowest BCUT2D eigenvalue weighted by Gasteiger charge is -2.33. The second-order valence-electron chi connectivity index (χ2n) is 5.43. The van der Waals surface area contributed by atoms with Gasteiger partial charge in [0, 0.05) is 17.5 Å². The molecule has 110 valence electrons. The van der Waals surface area contributed by atoms with Crippen LogP contribution in [0.5, 0.6) is 0 Å². The maximum atomic E-state index is 13.8. The van der Waals surface area contributed by atoms with Gasteiger partial charge in [0.25, 0.3) is 0 Å². The summed E-state index contributed by atoms with van der Waals surface area (Å²) in [7, 11) is 0. The molecule has 0 aromatic heterocycles. The molecule has 2 aromatic rings. The van der Waals surface area contributed by atoms with Crippen LogP contribution in [0, 0.1) is 5.82 Å². The first-order valence-corrected chi connectivity index (χ1v) is 7.82. The minimum atomic E-state index is -0.345. The average Bonchev–Trinajstić information content (AvgIpc) is 2.51. The van der Waals surface area contributed by atoms with Crippen molar-refractivity contribution in [2.45, 2.75) is 18.3 Å². The predicted octanol–water partition coefficient (Wildman–Crippen LogP) is 4.99. The van der Waals surface area contributed by atoms with E-state index in [9.17, 15) is 4.39 Å². The van der Waals surface area contributed by atoms with E-state index in [-0.39, 0.29) is 10.8 Å². The number of piperidine rings is 1. The highest BCUT2D eigenvalue weighted by Gasteiger charge is 2.28. The summed E-state index contributed by atoms with van der Waals surface area (Å²) in [5, 5.41) is 4.33. The topological polar surface area (TPSA) is 12.0 Å². The Bertz CT molecular complexity index is 627. The number of nitrogens with one attached hydrogen (secondary N) is 1. The molecule has 3 rings (SSSR count). The third-order valence-electron chi connectivity index (χ3n) is 4.15. The second kappa shape index (κ2) is 6.35. The van der Waals surface area contributed by atoms with Crippen LogP contribution < -0.4 is 5.32 Å². The summed E-state index contributed by atoms with van der Waals surface area (Å²) >= 11 is 11.8. The van der Waals surface area contributed by atoms with Crippen molar-refractivity contribution in [3.63, 3.8) is 0 Å². The molecular formula is C17H16Cl2FN. The van der Waals surface area contributed by atoms with Crippen LogP contribution in [0.2, 0.25) is 10.0 Å². The van der Waals surface area contributed by atoms with Crippen LogP contribution in [0.4, 0.5) is 4.39 Å². The van der Waals surface area contributed by atoms with Crippen LogP contribution in [0.3, 0.4) is 0 Å². The molecule has 0 saturated carbocycles. The third kappa shape index (κ3) is 3.23. The fourth-order valence-corrected chi connectivity index (χ4v) is 3.30. The van der Waals surface area contributed by atoms with Crippen LogP contribution >= 0.6 is 23.2 Å². The molecule has 0 amide bonds. The van der Waals surface area contributed by atoms with Gasteiger partial charge in [-0.15, -0.1) is 0 Å². The first-order chi connectivity index (χ1) is 10.1. The summed E-state index contributed by atoms with van der Waals surface area (Å²) in [4.78, 5) is 0. The fraction of sp³-hybridized carbons (Fsp3) is 0.294. The predicted molar refractivity (Wildman–Crippen MR) is 85.8 cm³/mol. The van der Waals surface area contributed by atoms with Gasteiger partial charge in [0.2, 0.25) is 0 Å². The summed E-state index contributed by atoms with van der Waals surface area (Å²) in [6.07, 6.45) is 0.981. The second-order valence-corrected chi connectivity index (χ2v) is 6.27. The fourth-order valence-electron chi connectivity index (χ4n) is 3.06. The van der Waals surface area contributed by atoms with Crippen LogP contribution in [-0.2, 0) is 0 Å². The van der Waals surface area contributed by atoms with Crippen molar-refractivity contribution in [3.05, 3.63) is 69.5 Å². The Morgan fingerprint density at radius 2 is 1.67 bits per heavy atom. The zero-order chi connectivity index (χ0) is 14.8. The van der Waals surface area contributed by atoms with Crippen LogP contribution in [0.15, 0.2) is 42.5 Å². The first-order valence-electron chi connectivity index (χ1n) is 7.06. The number of rotatable bonds is 2. The van der Waals surface area contributed by atoms with E-state index in [4.69, 9.17) is 23.2 Å². The monoisotopic (exact) mass is 323 g/mol. The van der Waals surface area contributed by atoms with Gasteiger partial charge in [0.1, 0.15) is 5.82 Å². The zero-order valence-corrected chi connectivity index (χ0v) is 13.0. The lowest BCUT2D eigenvalue weighted by molar-refractivity contribution is 0.403. The van der Waals surface area contributed by atoms with Gasteiger partial charge in [0.15, 0.2) is 0 Å². The molecule has 1 aliphatic heterocycles. The SMILES string of the molecule is Fc1cc(C2CCNCC2c2ccc(Cl)cc2)ccc1Cl. The van der Waals surface area contributed by atoms with Gasteiger partial charge in [0.05, 0.1) is 5.02 Å². The molecule has 0 spiro atoms. The van der Waals surface area contributed by atoms with Gasteiger partial charge in [-0.25, -0.2) is 4.39 Å². The van der Waals surface area contributed by atoms with Crippen molar-refractivity contribution >= 4 is 23.2 Å². The van der Waals surface area contributed by atoms with Crippen molar-refractivity contribution in [1.29, 1.82) is 0 Å². The van der Waals surface area contributed by atoms with E-state index >= 15 is 0 Å². The molecule has 1 N–H and O–H groups in total. The normalized spacial score (nSPS) is 22.2. The van der Waals surface area contributed by atoms with Gasteiger partial charge in [-0.05, 0) is 54.3 Å². The molecule has 0 radical (unpaired) electrons. The number of hydrogen-bond donors (Lipinski definition) is 1. The molecule has 4 heteroatoms. The smallest absolute Gasteiger partial charge is 0.142 e. The Morgan fingerprint density at radius 1 is 0.952 bits per heavy atom. The van der Waals surface area contributed by atoms with E-state index < -0.39 is 0 Å². The minimum absolute atomic E-state index is 0.177. The Labute approximate surface area is 134 Å². The van der Waals surface area contributed by atoms with E-state index in [1.165, 1.54) is 5.56 Å². The Balaban J connectivity index is 1.94. The van der Waals surface area contributed by atoms with Crippen molar-refractivity contribution < 1.29 is 4.39 Å². The van der Waals surface area contributed by atoms with Crippen LogP contribution in [-0.4, -0.2) is 13.1 Å². The summed E-state index contributed by atoms with van der Waals surface area (Å²) in [6, 6.07) is 13.1. The molecule has 2 atom stereocenters. The van der Waals surface area contributed by atoms with Gasteiger partial charge >= 0.3 is 0 Å². The quantitative estimate of drug-likeness (QED) is 0.820. The van der Waals surface area contributed by atoms with Crippen LogP contribution in [0.1, 0.15) is 29.4 Å². The number of hydrogen-bond acceptors (Lipinski definition) is 1. The molecule has 2 aromatic carbocycles. The highest BCUT2D eigenvalue weighted by Crippen LogP contribution is 2.38. The zero-order valence-electron chi connectivity index (χ0n) is 11.5. The van der Waals surface area contributed by atoms with Crippen LogP contribution in [0.25, 0.3) is 0 Å². The number of halogens is 3. The molecule has 1 nitrogen and oxygen atoms in total. The highest BCUT2D eigenvalue weighted by molar-refractivity contribution is 6.30. The summed E-state index contributed by atoms with van der Waals surface area (Å²) in [6.45, 7) is 1.83. The molecule has 21 heavy (non-hydrogen) atoms. The summed E-state index contributed by atoms with van der Waals surface area (Å²) < 4.78 is 13.8. The lowest BCUT2D eigenvalue weighted by Crippen LogP contribution is -2.34. The van der Waals surface area contributed by atoms with Gasteiger partial charge in [-0.1, -0.05) is 41.4 Å². The third-order valence-corrected chi connectivity index (χ3v) is 4.71. The minimum Gasteiger partial charge on any atom is -0.316 e. The Kier molecular flexibility index (Phi) is 4.48. The molecule has 0 aliphatic carbocycles. The van der Waals surface area contributed by atoms with Crippen molar-refractivity contribution in [2.24, 2.45) is 0 Å². The lowest BCUT2D eigenvalue weighted by atomic mass is 9.77. The van der Waals surface area contributed by atoms with Crippen molar-refractivity contribution in [3.8, 4) is 0 Å². The first kappa shape index (κ1) is 14.8. The molecule has 1 aliphatic rings. The number of benzene rings is 2. The van der Waals surface area contributed by atoms with Gasteiger partial charge in [-0.2, -0.15) is 0 Å². The van der Waals surface area contributed by atoms with E-state index in [1.807, 2.05) is 18.2 Å². The molecule has 2 unspecified atom stereocenters. The highest BCUT2D eigenvalue weighted by atomic mass is 35.5. The summed E-state index contributed by atoms with van der Waals surface area (Å²) in [5.74, 6) is 0.262. The van der Waals surface area contributed by atoms with Gasteiger partial charge in [-0.3, -0.25) is 0 Å². The molecule has 1 heterocycles. The molecule has 1 fully saturated rings. The van der Waals surface area contributed by atoms with E-state index in [1.54, 1.807) is 12.1 Å². The molecule has 1 saturated heterocycles. The maximum Gasteiger partial charge on any atom is 0.142 e. The summed E-state index contributed by atoms with van der Waals surface area (Å²) in [5.41, 5.74) is 2.24. The Morgan fingerprint density at radius 3 is 2.38 bits per heavy atom. The van der Waals surface area contributed by atoms with E-state index in [0.29, 0.717) is 11.8 Å². The van der Waals surface area contributed by atoms with E-state index in [2.05, 4.69) is 17.4 Å². The molecule has 0 bridgehead atoms. The molecular weight excluding hydrogens is 308 g/mol. The average molecular weight is 324 g/mol. The standard InChI is InChI=1S/C17H16Cl2FN/c18-13-4-1-11(2-5-13)15-10-21-8-7-14(15)12-3-6-16(19)17(20)9-12/h1-6,9,14-15,21H,7-8,10H2. The maximum absolute atomic E-state index is 13.8. The van der Waals surface area contributed by atoms with E-state index in [0.717, 1.165) is 30.1 Å². The van der Waals surface area contributed by atoms with Gasteiger partial charge < -0.3 is 5.32 Å².